The third-order valence-electron chi connectivity index (χ3n) is 3.78. The Kier molecular flexibility index (Phi) is 4.22. The molecule has 1 saturated heterocycles. The lowest BCUT2D eigenvalue weighted by molar-refractivity contribution is 0.599. The summed E-state index contributed by atoms with van der Waals surface area (Å²) in [6.07, 6.45) is 0.590. The molecule has 2 aromatic rings. The van der Waals surface area contributed by atoms with Gasteiger partial charge in [-0.1, -0.05) is 30.0 Å². The van der Waals surface area contributed by atoms with Crippen LogP contribution in [0.4, 0.5) is 4.39 Å². The average Bonchev–Trinajstić information content (AvgIpc) is 3.01. The summed E-state index contributed by atoms with van der Waals surface area (Å²) >= 11 is 1.39. The molecule has 0 spiro atoms. The Hall–Kier alpha value is -1.41. The first-order valence-corrected chi connectivity index (χ1v) is 9.73. The highest BCUT2D eigenvalue weighted by Crippen LogP contribution is 2.30. The number of hydrogen-bond donors (Lipinski definition) is 0. The first-order chi connectivity index (χ1) is 10.5. The summed E-state index contributed by atoms with van der Waals surface area (Å²) in [4.78, 5) is 0. The van der Waals surface area contributed by atoms with Crippen molar-refractivity contribution >= 4 is 21.6 Å². The molecule has 5 nitrogen and oxygen atoms in total. The molecule has 1 unspecified atom stereocenters. The monoisotopic (exact) mass is 341 g/mol. The maximum Gasteiger partial charge on any atom is 0.191 e. The van der Waals surface area contributed by atoms with E-state index in [2.05, 4.69) is 10.2 Å². The van der Waals surface area contributed by atoms with Gasteiger partial charge in [-0.15, -0.1) is 10.2 Å². The minimum atomic E-state index is -2.95. The van der Waals surface area contributed by atoms with Gasteiger partial charge in [-0.3, -0.25) is 0 Å². The fourth-order valence-electron chi connectivity index (χ4n) is 2.56. The Bertz CT molecular complexity index is 789. The van der Waals surface area contributed by atoms with Gasteiger partial charge in [0.25, 0.3) is 0 Å². The first kappa shape index (κ1) is 15.5. The molecule has 1 aromatic heterocycles. The van der Waals surface area contributed by atoms with Gasteiger partial charge in [0.15, 0.2) is 15.0 Å². The van der Waals surface area contributed by atoms with E-state index in [0.29, 0.717) is 28.7 Å². The molecule has 1 atom stereocenters. The number of hydrogen-bond acceptors (Lipinski definition) is 5. The molecule has 0 saturated carbocycles. The summed E-state index contributed by atoms with van der Waals surface area (Å²) in [7, 11) is -1.13. The smallest absolute Gasteiger partial charge is 0.191 e. The van der Waals surface area contributed by atoms with E-state index in [1.54, 1.807) is 18.2 Å². The lowest BCUT2D eigenvalue weighted by Crippen LogP contribution is -2.09. The molecule has 3 rings (SSSR count). The van der Waals surface area contributed by atoms with Gasteiger partial charge < -0.3 is 4.57 Å². The molecule has 0 aliphatic carbocycles. The zero-order chi connectivity index (χ0) is 15.7. The van der Waals surface area contributed by atoms with Gasteiger partial charge >= 0.3 is 0 Å². The summed E-state index contributed by atoms with van der Waals surface area (Å²) in [6.45, 7) is 0. The Labute approximate surface area is 132 Å². The number of thioether (sulfide) groups is 1. The van der Waals surface area contributed by atoms with Crippen molar-refractivity contribution in [1.29, 1.82) is 0 Å². The van der Waals surface area contributed by atoms with Crippen LogP contribution < -0.4 is 0 Å². The highest BCUT2D eigenvalue weighted by atomic mass is 32.2. The zero-order valence-electron chi connectivity index (χ0n) is 12.1. The lowest BCUT2D eigenvalue weighted by Gasteiger charge is -2.08. The van der Waals surface area contributed by atoms with Gasteiger partial charge in [-0.05, 0) is 18.1 Å². The number of rotatable bonds is 4. The van der Waals surface area contributed by atoms with E-state index >= 15 is 0 Å². The minimum Gasteiger partial charge on any atom is -0.309 e. The molecule has 2 heterocycles. The molecule has 0 N–H and O–H groups in total. The van der Waals surface area contributed by atoms with Crippen LogP contribution in [-0.4, -0.2) is 34.7 Å². The Morgan fingerprint density at radius 2 is 2.14 bits per heavy atom. The van der Waals surface area contributed by atoms with E-state index in [-0.39, 0.29) is 23.2 Å². The third kappa shape index (κ3) is 3.17. The standard InChI is InChI=1S/C14H16FN3O2S2/c1-18-13(11-6-7-22(19,20)9-11)16-17-14(18)21-8-10-4-2-3-5-12(10)15/h2-5,11H,6-9H2,1H3. The second-order valence-corrected chi connectivity index (χ2v) is 8.55. The summed E-state index contributed by atoms with van der Waals surface area (Å²) in [5.74, 6) is 1.17. The van der Waals surface area contributed by atoms with Crippen molar-refractivity contribution in [1.82, 2.24) is 14.8 Å². The van der Waals surface area contributed by atoms with Crippen molar-refractivity contribution in [2.24, 2.45) is 7.05 Å². The minimum absolute atomic E-state index is 0.0923. The van der Waals surface area contributed by atoms with Gasteiger partial charge in [0.05, 0.1) is 11.5 Å². The predicted octanol–water partition coefficient (Wildman–Crippen LogP) is 2.15. The van der Waals surface area contributed by atoms with Crippen molar-refractivity contribution in [2.75, 3.05) is 11.5 Å². The van der Waals surface area contributed by atoms with Crippen LogP contribution in [-0.2, 0) is 22.6 Å². The van der Waals surface area contributed by atoms with Crippen LogP contribution in [0.3, 0.4) is 0 Å². The van der Waals surface area contributed by atoms with Gasteiger partial charge in [-0.2, -0.15) is 0 Å². The SMILES string of the molecule is Cn1c(SCc2ccccc2F)nnc1C1CCS(=O)(=O)C1. The number of sulfone groups is 1. The fraction of sp³-hybridized carbons (Fsp3) is 0.429. The maximum absolute atomic E-state index is 13.6. The van der Waals surface area contributed by atoms with Crippen LogP contribution in [0.25, 0.3) is 0 Å². The zero-order valence-corrected chi connectivity index (χ0v) is 13.7. The van der Waals surface area contributed by atoms with Gasteiger partial charge in [0.2, 0.25) is 0 Å². The number of benzene rings is 1. The molecule has 0 amide bonds. The summed E-state index contributed by atoms with van der Waals surface area (Å²) in [5, 5.41) is 8.91. The number of halogens is 1. The molecule has 118 valence electrons. The van der Waals surface area contributed by atoms with Crippen LogP contribution in [0.1, 0.15) is 23.7 Å². The number of aromatic nitrogens is 3. The summed E-state index contributed by atoms with van der Waals surface area (Å²) in [5.41, 5.74) is 0.612. The molecule has 1 fully saturated rings. The lowest BCUT2D eigenvalue weighted by atomic mass is 10.1. The van der Waals surface area contributed by atoms with E-state index in [4.69, 9.17) is 0 Å². The largest absolute Gasteiger partial charge is 0.309 e. The Morgan fingerprint density at radius 1 is 1.36 bits per heavy atom. The van der Waals surface area contributed by atoms with Crippen LogP contribution in [0.15, 0.2) is 29.4 Å². The van der Waals surface area contributed by atoms with E-state index in [0.717, 1.165) is 0 Å². The van der Waals surface area contributed by atoms with Crippen molar-refractivity contribution in [3.05, 3.63) is 41.5 Å². The fourth-order valence-corrected chi connectivity index (χ4v) is 5.21. The molecular formula is C14H16FN3O2S2. The summed E-state index contributed by atoms with van der Waals surface area (Å²) < 4.78 is 38.6. The van der Waals surface area contributed by atoms with Crippen molar-refractivity contribution in [3.63, 3.8) is 0 Å². The molecule has 1 aliphatic rings. The molecule has 0 radical (unpaired) electrons. The molecule has 1 aromatic carbocycles. The predicted molar refractivity (Wildman–Crippen MR) is 83.0 cm³/mol. The topological polar surface area (TPSA) is 64.8 Å². The van der Waals surface area contributed by atoms with Crippen LogP contribution in [0, 0.1) is 5.82 Å². The second-order valence-electron chi connectivity index (χ2n) is 5.38. The van der Waals surface area contributed by atoms with Crippen molar-refractivity contribution < 1.29 is 12.8 Å². The van der Waals surface area contributed by atoms with E-state index in [9.17, 15) is 12.8 Å². The van der Waals surface area contributed by atoms with Crippen LogP contribution in [0.2, 0.25) is 0 Å². The molecule has 22 heavy (non-hydrogen) atoms. The normalized spacial score (nSPS) is 20.4. The highest BCUT2D eigenvalue weighted by Gasteiger charge is 2.32. The Balaban J connectivity index is 1.73. The molecular weight excluding hydrogens is 325 g/mol. The quantitative estimate of drug-likeness (QED) is 0.797. The Morgan fingerprint density at radius 3 is 2.82 bits per heavy atom. The van der Waals surface area contributed by atoms with E-state index < -0.39 is 9.84 Å². The van der Waals surface area contributed by atoms with Gasteiger partial charge in [0, 0.05) is 18.7 Å². The molecule has 0 bridgehead atoms. The van der Waals surface area contributed by atoms with Crippen molar-refractivity contribution in [3.8, 4) is 0 Å². The van der Waals surface area contributed by atoms with E-state index in [1.165, 1.54) is 17.8 Å². The second kappa shape index (κ2) is 6.00. The molecule has 1 aliphatic heterocycles. The maximum atomic E-state index is 13.6. The highest BCUT2D eigenvalue weighted by molar-refractivity contribution is 7.98. The van der Waals surface area contributed by atoms with Crippen LogP contribution >= 0.6 is 11.8 Å². The third-order valence-corrected chi connectivity index (χ3v) is 6.62. The van der Waals surface area contributed by atoms with Crippen molar-refractivity contribution in [2.45, 2.75) is 23.2 Å². The summed E-state index contributed by atoms with van der Waals surface area (Å²) in [6, 6.07) is 6.62. The van der Waals surface area contributed by atoms with E-state index in [1.807, 2.05) is 11.6 Å². The first-order valence-electron chi connectivity index (χ1n) is 6.92. The number of nitrogens with zero attached hydrogens (tertiary/aromatic N) is 3. The average molecular weight is 341 g/mol. The molecule has 8 heteroatoms. The van der Waals surface area contributed by atoms with Gasteiger partial charge in [0.1, 0.15) is 11.6 Å². The van der Waals surface area contributed by atoms with Crippen LogP contribution in [0.5, 0.6) is 0 Å². The van der Waals surface area contributed by atoms with Gasteiger partial charge in [-0.25, -0.2) is 12.8 Å².